The van der Waals surface area contributed by atoms with Gasteiger partial charge in [0.2, 0.25) is 0 Å². The van der Waals surface area contributed by atoms with Crippen molar-refractivity contribution in [1.29, 1.82) is 0 Å². The lowest BCUT2D eigenvalue weighted by atomic mass is 10.2. The highest BCUT2D eigenvalue weighted by atomic mass is 32.2. The Morgan fingerprint density at radius 1 is 1.54 bits per heavy atom. The zero-order valence-corrected chi connectivity index (χ0v) is 9.11. The van der Waals surface area contributed by atoms with Crippen LogP contribution in [-0.4, -0.2) is 34.8 Å². The van der Waals surface area contributed by atoms with Crippen molar-refractivity contribution < 1.29 is 4.21 Å². The molecule has 1 aliphatic rings. The van der Waals surface area contributed by atoms with Gasteiger partial charge in [0.25, 0.3) is 0 Å². The van der Waals surface area contributed by atoms with Crippen LogP contribution in [0.3, 0.4) is 0 Å². The summed E-state index contributed by atoms with van der Waals surface area (Å²) in [7, 11) is -0.640. The van der Waals surface area contributed by atoms with Gasteiger partial charge in [0.1, 0.15) is 0 Å². The molecule has 3 nitrogen and oxygen atoms in total. The highest BCUT2D eigenvalue weighted by Gasteiger charge is 2.20. The van der Waals surface area contributed by atoms with E-state index in [1.54, 1.807) is 6.26 Å². The zero-order valence-electron chi connectivity index (χ0n) is 8.29. The van der Waals surface area contributed by atoms with Gasteiger partial charge in [-0.05, 0) is 32.2 Å². The van der Waals surface area contributed by atoms with Gasteiger partial charge >= 0.3 is 0 Å². The minimum atomic E-state index is -0.640. The first-order valence-electron chi connectivity index (χ1n) is 4.97. The van der Waals surface area contributed by atoms with Crippen molar-refractivity contribution in [3.05, 3.63) is 0 Å². The summed E-state index contributed by atoms with van der Waals surface area (Å²) >= 11 is 0. The summed E-state index contributed by atoms with van der Waals surface area (Å²) in [5.41, 5.74) is 5.79. The SMILES string of the molecule is CS(=O)CCCNC1CCC(N)C1. The third kappa shape index (κ3) is 4.74. The monoisotopic (exact) mass is 204 g/mol. The van der Waals surface area contributed by atoms with Gasteiger partial charge in [-0.15, -0.1) is 0 Å². The van der Waals surface area contributed by atoms with E-state index in [4.69, 9.17) is 5.73 Å². The average molecular weight is 204 g/mol. The largest absolute Gasteiger partial charge is 0.328 e. The third-order valence-electron chi connectivity index (χ3n) is 2.51. The molecule has 0 amide bonds. The molecule has 4 heteroatoms. The molecule has 0 bridgehead atoms. The van der Waals surface area contributed by atoms with E-state index >= 15 is 0 Å². The Labute approximate surface area is 82.9 Å². The molecule has 0 aliphatic heterocycles. The molecule has 0 heterocycles. The smallest absolute Gasteiger partial charge is 0.0244 e. The lowest BCUT2D eigenvalue weighted by Gasteiger charge is -2.11. The van der Waals surface area contributed by atoms with Crippen LogP contribution in [0.4, 0.5) is 0 Å². The molecule has 13 heavy (non-hydrogen) atoms. The second-order valence-electron chi connectivity index (χ2n) is 3.86. The molecular formula is C9H20N2OS. The van der Waals surface area contributed by atoms with Gasteiger partial charge in [-0.1, -0.05) is 0 Å². The molecule has 1 rings (SSSR count). The van der Waals surface area contributed by atoms with Crippen LogP contribution in [0.25, 0.3) is 0 Å². The van der Waals surface area contributed by atoms with E-state index in [2.05, 4.69) is 5.32 Å². The molecule has 1 fully saturated rings. The molecule has 0 radical (unpaired) electrons. The maximum atomic E-state index is 10.8. The van der Waals surface area contributed by atoms with Crippen LogP contribution < -0.4 is 11.1 Å². The molecule has 3 unspecified atom stereocenters. The van der Waals surface area contributed by atoms with Crippen molar-refractivity contribution in [2.45, 2.75) is 37.8 Å². The van der Waals surface area contributed by atoms with Gasteiger partial charge in [-0.3, -0.25) is 4.21 Å². The molecular weight excluding hydrogens is 184 g/mol. The zero-order chi connectivity index (χ0) is 9.68. The van der Waals surface area contributed by atoms with E-state index in [-0.39, 0.29) is 0 Å². The van der Waals surface area contributed by atoms with E-state index < -0.39 is 10.8 Å². The Balaban J connectivity index is 1.97. The maximum absolute atomic E-state index is 10.8. The Kier molecular flexibility index (Phi) is 4.91. The number of hydrogen-bond acceptors (Lipinski definition) is 3. The number of nitrogens with one attached hydrogen (secondary N) is 1. The summed E-state index contributed by atoms with van der Waals surface area (Å²) in [5, 5.41) is 3.45. The van der Waals surface area contributed by atoms with Crippen molar-refractivity contribution in [3.63, 3.8) is 0 Å². The first kappa shape index (κ1) is 11.1. The highest BCUT2D eigenvalue weighted by Crippen LogP contribution is 2.16. The molecule has 0 aromatic heterocycles. The topological polar surface area (TPSA) is 55.1 Å². The maximum Gasteiger partial charge on any atom is 0.0244 e. The molecule has 0 aromatic carbocycles. The van der Waals surface area contributed by atoms with E-state index in [0.717, 1.165) is 31.6 Å². The van der Waals surface area contributed by atoms with Crippen molar-refractivity contribution in [2.24, 2.45) is 5.73 Å². The summed E-state index contributed by atoms with van der Waals surface area (Å²) in [4.78, 5) is 0. The summed E-state index contributed by atoms with van der Waals surface area (Å²) in [6.07, 6.45) is 6.23. The van der Waals surface area contributed by atoms with E-state index in [1.807, 2.05) is 0 Å². The van der Waals surface area contributed by atoms with Crippen LogP contribution in [0.5, 0.6) is 0 Å². The van der Waals surface area contributed by atoms with Crippen molar-refractivity contribution >= 4 is 10.8 Å². The Bertz CT molecular complexity index is 175. The molecule has 3 N–H and O–H groups in total. The van der Waals surface area contributed by atoms with Gasteiger partial charge in [0.15, 0.2) is 0 Å². The lowest BCUT2D eigenvalue weighted by Crippen LogP contribution is -2.29. The summed E-state index contributed by atoms with van der Waals surface area (Å²) in [6, 6.07) is 1.01. The lowest BCUT2D eigenvalue weighted by molar-refractivity contribution is 0.516. The average Bonchev–Trinajstić information content (AvgIpc) is 2.45. The second kappa shape index (κ2) is 5.73. The fraction of sp³-hybridized carbons (Fsp3) is 1.00. The summed E-state index contributed by atoms with van der Waals surface area (Å²) in [6.45, 7) is 0.983. The van der Waals surface area contributed by atoms with E-state index in [1.165, 1.54) is 6.42 Å². The molecule has 1 aliphatic carbocycles. The quantitative estimate of drug-likeness (QED) is 0.630. The number of nitrogens with two attached hydrogens (primary N) is 1. The van der Waals surface area contributed by atoms with Crippen molar-refractivity contribution in [3.8, 4) is 0 Å². The van der Waals surface area contributed by atoms with Gasteiger partial charge in [-0.2, -0.15) is 0 Å². The van der Waals surface area contributed by atoms with E-state index in [0.29, 0.717) is 12.1 Å². The van der Waals surface area contributed by atoms with E-state index in [9.17, 15) is 4.21 Å². The second-order valence-corrected chi connectivity index (χ2v) is 5.41. The summed E-state index contributed by atoms with van der Waals surface area (Å²) in [5.74, 6) is 0.811. The predicted octanol–water partition coefficient (Wildman–Crippen LogP) is 0.224. The first-order valence-corrected chi connectivity index (χ1v) is 6.70. The fourth-order valence-corrected chi connectivity index (χ4v) is 2.33. The minimum Gasteiger partial charge on any atom is -0.328 e. The highest BCUT2D eigenvalue weighted by molar-refractivity contribution is 7.84. The van der Waals surface area contributed by atoms with Crippen LogP contribution in [0.1, 0.15) is 25.7 Å². The number of hydrogen-bond donors (Lipinski definition) is 2. The third-order valence-corrected chi connectivity index (χ3v) is 3.38. The van der Waals surface area contributed by atoms with Gasteiger partial charge in [-0.25, -0.2) is 0 Å². The summed E-state index contributed by atoms with van der Waals surface area (Å²) < 4.78 is 10.8. The fourth-order valence-electron chi connectivity index (χ4n) is 1.78. The number of rotatable bonds is 5. The molecule has 3 atom stereocenters. The normalized spacial score (nSPS) is 30.6. The minimum absolute atomic E-state index is 0.401. The molecule has 1 saturated carbocycles. The Morgan fingerprint density at radius 3 is 2.85 bits per heavy atom. The Hall–Kier alpha value is 0.0700. The van der Waals surface area contributed by atoms with Gasteiger partial charge < -0.3 is 11.1 Å². The Morgan fingerprint density at radius 2 is 2.31 bits per heavy atom. The molecule has 0 aromatic rings. The van der Waals surface area contributed by atoms with Crippen molar-refractivity contribution in [2.75, 3.05) is 18.6 Å². The molecule has 0 saturated heterocycles. The van der Waals surface area contributed by atoms with Gasteiger partial charge in [0, 0.05) is 34.9 Å². The van der Waals surface area contributed by atoms with Crippen LogP contribution in [-0.2, 0) is 10.8 Å². The van der Waals surface area contributed by atoms with Crippen LogP contribution in [0, 0.1) is 0 Å². The van der Waals surface area contributed by atoms with Gasteiger partial charge in [0.05, 0.1) is 0 Å². The molecule has 78 valence electrons. The molecule has 0 spiro atoms. The van der Waals surface area contributed by atoms with Crippen LogP contribution >= 0.6 is 0 Å². The first-order chi connectivity index (χ1) is 6.18. The van der Waals surface area contributed by atoms with Crippen LogP contribution in [0.2, 0.25) is 0 Å². The standard InChI is InChI=1S/C9H20N2OS/c1-13(12)6-2-5-11-9-4-3-8(10)7-9/h8-9,11H,2-7,10H2,1H3. The van der Waals surface area contributed by atoms with Crippen molar-refractivity contribution in [1.82, 2.24) is 5.32 Å². The predicted molar refractivity (Wildman–Crippen MR) is 57.2 cm³/mol. The van der Waals surface area contributed by atoms with Crippen LogP contribution in [0.15, 0.2) is 0 Å².